The first-order chi connectivity index (χ1) is 12.3. The molecule has 0 saturated heterocycles. The Bertz CT molecular complexity index is 743. The largest absolute Gasteiger partial charge is 0.383 e. The van der Waals surface area contributed by atoms with Gasteiger partial charge in [-0.15, -0.1) is 0 Å². The van der Waals surface area contributed by atoms with Crippen molar-refractivity contribution in [2.45, 2.75) is 39.9 Å². The fourth-order valence-corrected chi connectivity index (χ4v) is 2.81. The van der Waals surface area contributed by atoms with Crippen LogP contribution in [0.5, 0.6) is 0 Å². The standard InChI is InChI=1S/C19H27FN4O2/c1-13-18(15(3)24(22-13)10-11-26-5)12-21-19(25)23(4)14(2)16-6-8-17(20)9-7-16/h6-9,14H,10-12H2,1-5H3,(H,21,25). The Labute approximate surface area is 153 Å². The number of methoxy groups -OCH3 is 1. The van der Waals surface area contributed by atoms with Gasteiger partial charge in [0.2, 0.25) is 0 Å². The van der Waals surface area contributed by atoms with Gasteiger partial charge in [-0.25, -0.2) is 9.18 Å². The summed E-state index contributed by atoms with van der Waals surface area (Å²) in [5.41, 5.74) is 3.81. The van der Waals surface area contributed by atoms with Crippen LogP contribution >= 0.6 is 0 Å². The van der Waals surface area contributed by atoms with Gasteiger partial charge in [-0.05, 0) is 38.5 Å². The maximum atomic E-state index is 13.1. The van der Waals surface area contributed by atoms with Crippen LogP contribution in [0.25, 0.3) is 0 Å². The molecule has 1 atom stereocenters. The summed E-state index contributed by atoms with van der Waals surface area (Å²) >= 11 is 0. The zero-order valence-corrected chi connectivity index (χ0v) is 16.0. The second-order valence-corrected chi connectivity index (χ2v) is 6.36. The highest BCUT2D eigenvalue weighted by atomic mass is 19.1. The topological polar surface area (TPSA) is 59.4 Å². The Hall–Kier alpha value is -2.41. The molecule has 1 N–H and O–H groups in total. The van der Waals surface area contributed by atoms with Gasteiger partial charge in [0.15, 0.2) is 0 Å². The van der Waals surface area contributed by atoms with Gasteiger partial charge in [0.25, 0.3) is 0 Å². The average Bonchev–Trinajstić information content (AvgIpc) is 2.90. The van der Waals surface area contributed by atoms with Gasteiger partial charge in [0, 0.05) is 32.0 Å². The van der Waals surface area contributed by atoms with Crippen LogP contribution in [-0.2, 0) is 17.8 Å². The minimum atomic E-state index is -0.288. The number of hydrogen-bond donors (Lipinski definition) is 1. The summed E-state index contributed by atoms with van der Waals surface area (Å²) in [5.74, 6) is -0.288. The first-order valence-electron chi connectivity index (χ1n) is 8.63. The highest BCUT2D eigenvalue weighted by Gasteiger charge is 2.19. The van der Waals surface area contributed by atoms with Crippen molar-refractivity contribution in [1.82, 2.24) is 20.0 Å². The lowest BCUT2D eigenvalue weighted by atomic mass is 10.1. The molecule has 1 aromatic heterocycles. The molecule has 2 amide bonds. The fraction of sp³-hybridized carbons (Fsp3) is 0.474. The number of rotatable bonds is 7. The van der Waals surface area contributed by atoms with E-state index >= 15 is 0 Å². The number of urea groups is 1. The molecule has 7 heteroatoms. The molecular formula is C19H27FN4O2. The number of amides is 2. The molecule has 142 valence electrons. The van der Waals surface area contributed by atoms with E-state index in [1.165, 1.54) is 12.1 Å². The van der Waals surface area contributed by atoms with Crippen molar-refractivity contribution in [2.75, 3.05) is 20.8 Å². The van der Waals surface area contributed by atoms with Crippen molar-refractivity contribution in [3.8, 4) is 0 Å². The van der Waals surface area contributed by atoms with E-state index in [-0.39, 0.29) is 17.9 Å². The van der Waals surface area contributed by atoms with Crippen molar-refractivity contribution in [3.05, 3.63) is 52.6 Å². The lowest BCUT2D eigenvalue weighted by Crippen LogP contribution is -2.38. The van der Waals surface area contributed by atoms with E-state index in [1.54, 1.807) is 31.2 Å². The Kier molecular flexibility index (Phi) is 6.74. The smallest absolute Gasteiger partial charge is 0.317 e. The molecule has 2 rings (SSSR count). The Balaban J connectivity index is 1.99. The molecule has 0 radical (unpaired) electrons. The van der Waals surface area contributed by atoms with Gasteiger partial charge in [0.05, 0.1) is 24.9 Å². The number of halogens is 1. The van der Waals surface area contributed by atoms with Crippen LogP contribution in [0.2, 0.25) is 0 Å². The van der Waals surface area contributed by atoms with E-state index in [9.17, 15) is 9.18 Å². The molecule has 0 bridgehead atoms. The van der Waals surface area contributed by atoms with Crippen LogP contribution in [0.15, 0.2) is 24.3 Å². The summed E-state index contributed by atoms with van der Waals surface area (Å²) in [6.45, 7) is 7.50. The van der Waals surface area contributed by atoms with Crippen molar-refractivity contribution in [2.24, 2.45) is 0 Å². The Morgan fingerprint density at radius 1 is 1.35 bits per heavy atom. The molecule has 6 nitrogen and oxygen atoms in total. The van der Waals surface area contributed by atoms with Gasteiger partial charge >= 0.3 is 6.03 Å². The lowest BCUT2D eigenvalue weighted by molar-refractivity contribution is 0.182. The molecule has 0 saturated carbocycles. The molecule has 2 aromatic rings. The summed E-state index contributed by atoms with van der Waals surface area (Å²) in [7, 11) is 3.38. The highest BCUT2D eigenvalue weighted by Crippen LogP contribution is 2.19. The number of ether oxygens (including phenoxy) is 1. The number of hydrogen-bond acceptors (Lipinski definition) is 3. The van der Waals surface area contributed by atoms with E-state index in [0.29, 0.717) is 19.7 Å². The number of benzene rings is 1. The number of nitrogens with zero attached hydrogens (tertiary/aromatic N) is 3. The SMILES string of the molecule is COCCn1nc(C)c(CNC(=O)N(C)C(C)c2ccc(F)cc2)c1C. The van der Waals surface area contributed by atoms with Crippen molar-refractivity contribution in [3.63, 3.8) is 0 Å². The summed E-state index contributed by atoms with van der Waals surface area (Å²) in [5, 5.41) is 7.44. The summed E-state index contributed by atoms with van der Waals surface area (Å²) in [6, 6.07) is 5.83. The number of carbonyl (C=O) groups excluding carboxylic acids is 1. The summed E-state index contributed by atoms with van der Waals surface area (Å²) in [6.07, 6.45) is 0. The minimum absolute atomic E-state index is 0.165. The van der Waals surface area contributed by atoms with Crippen LogP contribution in [-0.4, -0.2) is 41.5 Å². The second kappa shape index (κ2) is 8.80. The third-order valence-electron chi connectivity index (χ3n) is 4.71. The van der Waals surface area contributed by atoms with Crippen LogP contribution in [0.4, 0.5) is 9.18 Å². The highest BCUT2D eigenvalue weighted by molar-refractivity contribution is 5.74. The molecular weight excluding hydrogens is 335 g/mol. The molecule has 0 aliphatic carbocycles. The summed E-state index contributed by atoms with van der Waals surface area (Å²) < 4.78 is 20.1. The van der Waals surface area contributed by atoms with E-state index < -0.39 is 0 Å². The third kappa shape index (κ3) is 4.60. The van der Waals surface area contributed by atoms with Gasteiger partial charge in [-0.1, -0.05) is 12.1 Å². The second-order valence-electron chi connectivity index (χ2n) is 6.36. The maximum Gasteiger partial charge on any atom is 0.317 e. The molecule has 1 heterocycles. The number of aryl methyl sites for hydroxylation is 1. The van der Waals surface area contributed by atoms with Gasteiger partial charge in [-0.2, -0.15) is 5.10 Å². The van der Waals surface area contributed by atoms with Crippen LogP contribution in [0, 0.1) is 19.7 Å². The van der Waals surface area contributed by atoms with Crippen LogP contribution < -0.4 is 5.32 Å². The van der Waals surface area contributed by atoms with E-state index in [2.05, 4.69) is 10.4 Å². The lowest BCUT2D eigenvalue weighted by Gasteiger charge is -2.25. The van der Waals surface area contributed by atoms with Crippen LogP contribution in [0.1, 0.15) is 35.5 Å². The van der Waals surface area contributed by atoms with Crippen molar-refractivity contribution in [1.29, 1.82) is 0 Å². The Morgan fingerprint density at radius 3 is 2.62 bits per heavy atom. The van der Waals surface area contributed by atoms with Gasteiger partial charge < -0.3 is 15.0 Å². The maximum absolute atomic E-state index is 13.1. The molecule has 1 aromatic carbocycles. The predicted octanol–water partition coefficient (Wildman–Crippen LogP) is 3.19. The normalized spacial score (nSPS) is 12.1. The number of carbonyl (C=O) groups is 1. The molecule has 0 aliphatic heterocycles. The number of nitrogens with one attached hydrogen (secondary N) is 1. The van der Waals surface area contributed by atoms with Crippen molar-refractivity contribution < 1.29 is 13.9 Å². The zero-order valence-electron chi connectivity index (χ0n) is 16.0. The molecule has 0 spiro atoms. The zero-order chi connectivity index (χ0) is 19.3. The predicted molar refractivity (Wildman–Crippen MR) is 98.4 cm³/mol. The van der Waals surface area contributed by atoms with E-state index in [1.807, 2.05) is 25.5 Å². The van der Waals surface area contributed by atoms with Crippen molar-refractivity contribution >= 4 is 6.03 Å². The van der Waals surface area contributed by atoms with Crippen LogP contribution in [0.3, 0.4) is 0 Å². The average molecular weight is 362 g/mol. The monoisotopic (exact) mass is 362 g/mol. The minimum Gasteiger partial charge on any atom is -0.383 e. The third-order valence-corrected chi connectivity index (χ3v) is 4.71. The summed E-state index contributed by atoms with van der Waals surface area (Å²) in [4.78, 5) is 14.1. The van der Waals surface area contributed by atoms with E-state index in [4.69, 9.17) is 4.74 Å². The van der Waals surface area contributed by atoms with Gasteiger partial charge in [0.1, 0.15) is 5.82 Å². The van der Waals surface area contributed by atoms with E-state index in [0.717, 1.165) is 22.5 Å². The number of aromatic nitrogens is 2. The molecule has 0 fully saturated rings. The molecule has 0 aliphatic rings. The quantitative estimate of drug-likeness (QED) is 0.823. The Morgan fingerprint density at radius 2 is 2.00 bits per heavy atom. The first kappa shape index (κ1) is 19.9. The first-order valence-corrected chi connectivity index (χ1v) is 8.63. The van der Waals surface area contributed by atoms with Gasteiger partial charge in [-0.3, -0.25) is 4.68 Å². The fourth-order valence-electron chi connectivity index (χ4n) is 2.81. The molecule has 1 unspecified atom stereocenters. The molecule has 26 heavy (non-hydrogen) atoms.